The highest BCUT2D eigenvalue weighted by Gasteiger charge is 2.15. The first-order valence-electron chi connectivity index (χ1n) is 7.91. The molecule has 0 aromatic carbocycles. The van der Waals surface area contributed by atoms with Crippen molar-refractivity contribution in [3.05, 3.63) is 10.7 Å². The van der Waals surface area contributed by atoms with E-state index in [1.165, 1.54) is 25.9 Å². The zero-order valence-corrected chi connectivity index (χ0v) is 14.6. The molecule has 2 N–H and O–H groups in total. The minimum atomic E-state index is 0.608. The number of aromatic nitrogens is 2. The second-order valence-corrected chi connectivity index (χ2v) is 6.67. The van der Waals surface area contributed by atoms with E-state index >= 15 is 0 Å². The average molecular weight is 356 g/mol. The quantitative estimate of drug-likeness (QED) is 0.749. The molecule has 1 aliphatic heterocycles. The van der Waals surface area contributed by atoms with E-state index in [0.29, 0.717) is 11.9 Å². The van der Waals surface area contributed by atoms with Gasteiger partial charge < -0.3 is 15.5 Å². The fourth-order valence-electron chi connectivity index (χ4n) is 2.55. The summed E-state index contributed by atoms with van der Waals surface area (Å²) in [6.07, 6.45) is 5.57. The summed E-state index contributed by atoms with van der Waals surface area (Å²) in [5.74, 6) is 2.17. The third-order valence-electron chi connectivity index (χ3n) is 3.66. The summed E-state index contributed by atoms with van der Waals surface area (Å²) in [4.78, 5) is 11.3. The van der Waals surface area contributed by atoms with Crippen LogP contribution in [0.3, 0.4) is 0 Å². The van der Waals surface area contributed by atoms with E-state index in [-0.39, 0.29) is 0 Å². The predicted molar refractivity (Wildman–Crippen MR) is 91.8 cm³/mol. The van der Waals surface area contributed by atoms with Crippen molar-refractivity contribution >= 4 is 27.7 Å². The highest BCUT2D eigenvalue weighted by molar-refractivity contribution is 9.10. The van der Waals surface area contributed by atoms with Gasteiger partial charge in [0, 0.05) is 25.8 Å². The SMILES string of the molecule is CCCNc1ncc(Br)c(NCC(C)CN2CCCC2)n1. The Hall–Kier alpha value is -0.880. The van der Waals surface area contributed by atoms with Crippen LogP contribution in [0.1, 0.15) is 33.1 Å². The van der Waals surface area contributed by atoms with Gasteiger partial charge in [-0.2, -0.15) is 4.98 Å². The van der Waals surface area contributed by atoms with E-state index in [1.54, 1.807) is 6.20 Å². The molecule has 0 saturated carbocycles. The zero-order chi connectivity index (χ0) is 15.1. The van der Waals surface area contributed by atoms with Crippen molar-refractivity contribution in [3.8, 4) is 0 Å². The Morgan fingerprint density at radius 3 is 2.81 bits per heavy atom. The van der Waals surface area contributed by atoms with Crippen LogP contribution in [0.4, 0.5) is 11.8 Å². The normalized spacial score (nSPS) is 16.9. The topological polar surface area (TPSA) is 53.1 Å². The Labute approximate surface area is 136 Å². The van der Waals surface area contributed by atoms with E-state index in [9.17, 15) is 0 Å². The van der Waals surface area contributed by atoms with Gasteiger partial charge >= 0.3 is 0 Å². The van der Waals surface area contributed by atoms with Gasteiger partial charge in [-0.05, 0) is 54.2 Å². The van der Waals surface area contributed by atoms with Crippen LogP contribution >= 0.6 is 15.9 Å². The van der Waals surface area contributed by atoms with E-state index in [4.69, 9.17) is 0 Å². The number of likely N-dealkylation sites (tertiary alicyclic amines) is 1. The molecule has 1 fully saturated rings. The van der Waals surface area contributed by atoms with Crippen LogP contribution in [-0.4, -0.2) is 47.6 Å². The van der Waals surface area contributed by atoms with Gasteiger partial charge in [0.1, 0.15) is 5.82 Å². The summed E-state index contributed by atoms with van der Waals surface area (Å²) in [6, 6.07) is 0. The molecule has 2 heterocycles. The molecule has 1 aromatic heterocycles. The molecular weight excluding hydrogens is 330 g/mol. The molecule has 0 spiro atoms. The van der Waals surface area contributed by atoms with Crippen LogP contribution in [0.25, 0.3) is 0 Å². The maximum atomic E-state index is 4.52. The molecule has 0 bridgehead atoms. The van der Waals surface area contributed by atoms with Crippen LogP contribution in [0.2, 0.25) is 0 Å². The highest BCUT2D eigenvalue weighted by atomic mass is 79.9. The first-order chi connectivity index (χ1) is 10.2. The van der Waals surface area contributed by atoms with E-state index < -0.39 is 0 Å². The summed E-state index contributed by atoms with van der Waals surface area (Å²) in [7, 11) is 0. The van der Waals surface area contributed by atoms with Gasteiger partial charge in [-0.1, -0.05) is 13.8 Å². The molecule has 1 aromatic rings. The van der Waals surface area contributed by atoms with E-state index in [2.05, 4.69) is 55.3 Å². The van der Waals surface area contributed by atoms with Crippen molar-refractivity contribution in [1.82, 2.24) is 14.9 Å². The lowest BCUT2D eigenvalue weighted by Gasteiger charge is -2.21. The predicted octanol–water partition coefficient (Wildman–Crippen LogP) is 3.20. The van der Waals surface area contributed by atoms with Crippen LogP contribution in [-0.2, 0) is 0 Å². The molecular formula is C15H26BrN5. The van der Waals surface area contributed by atoms with Gasteiger partial charge in [-0.3, -0.25) is 0 Å². The van der Waals surface area contributed by atoms with Crippen molar-refractivity contribution in [2.24, 2.45) is 5.92 Å². The maximum absolute atomic E-state index is 4.52. The van der Waals surface area contributed by atoms with Crippen LogP contribution in [0.15, 0.2) is 10.7 Å². The lowest BCUT2D eigenvalue weighted by Crippen LogP contribution is -2.29. The van der Waals surface area contributed by atoms with E-state index in [0.717, 1.165) is 36.3 Å². The largest absolute Gasteiger partial charge is 0.369 e. The molecule has 21 heavy (non-hydrogen) atoms. The van der Waals surface area contributed by atoms with Gasteiger partial charge in [-0.15, -0.1) is 0 Å². The van der Waals surface area contributed by atoms with Crippen LogP contribution < -0.4 is 10.6 Å². The Balaban J connectivity index is 1.83. The molecule has 1 saturated heterocycles. The number of nitrogens with one attached hydrogen (secondary N) is 2. The molecule has 0 amide bonds. The minimum Gasteiger partial charge on any atom is -0.369 e. The van der Waals surface area contributed by atoms with Crippen LogP contribution in [0.5, 0.6) is 0 Å². The number of nitrogens with zero attached hydrogens (tertiary/aromatic N) is 3. The molecule has 1 atom stereocenters. The highest BCUT2D eigenvalue weighted by Crippen LogP contribution is 2.20. The van der Waals surface area contributed by atoms with Crippen molar-refractivity contribution in [3.63, 3.8) is 0 Å². The summed E-state index contributed by atoms with van der Waals surface area (Å²) >= 11 is 3.51. The van der Waals surface area contributed by atoms with Gasteiger partial charge in [0.25, 0.3) is 0 Å². The van der Waals surface area contributed by atoms with Crippen molar-refractivity contribution < 1.29 is 0 Å². The molecule has 1 aliphatic rings. The number of halogens is 1. The second-order valence-electron chi connectivity index (χ2n) is 5.81. The fourth-order valence-corrected chi connectivity index (χ4v) is 2.89. The number of hydrogen-bond acceptors (Lipinski definition) is 5. The molecule has 5 nitrogen and oxygen atoms in total. The number of hydrogen-bond donors (Lipinski definition) is 2. The van der Waals surface area contributed by atoms with Gasteiger partial charge in [-0.25, -0.2) is 4.98 Å². The molecule has 2 rings (SSSR count). The van der Waals surface area contributed by atoms with Gasteiger partial charge in [0.2, 0.25) is 5.95 Å². The Bertz CT molecular complexity index is 434. The summed E-state index contributed by atoms with van der Waals surface area (Å²) < 4.78 is 0.915. The summed E-state index contributed by atoms with van der Waals surface area (Å²) in [6.45, 7) is 9.92. The molecule has 118 valence electrons. The van der Waals surface area contributed by atoms with Gasteiger partial charge in [0.15, 0.2) is 0 Å². The molecule has 1 unspecified atom stereocenters. The maximum Gasteiger partial charge on any atom is 0.224 e. The Kier molecular flexibility index (Phi) is 6.70. The molecule has 0 aliphatic carbocycles. The molecule has 0 radical (unpaired) electrons. The zero-order valence-electron chi connectivity index (χ0n) is 13.0. The monoisotopic (exact) mass is 355 g/mol. The first kappa shape index (κ1) is 16.5. The number of anilines is 2. The van der Waals surface area contributed by atoms with Crippen molar-refractivity contribution in [1.29, 1.82) is 0 Å². The summed E-state index contributed by atoms with van der Waals surface area (Å²) in [5, 5.41) is 6.66. The standard InChI is InChI=1S/C15H26BrN5/c1-3-6-17-15-19-10-13(16)14(20-15)18-9-12(2)11-21-7-4-5-8-21/h10,12H,3-9,11H2,1-2H3,(H2,17,18,19,20). The first-order valence-corrected chi connectivity index (χ1v) is 8.71. The third-order valence-corrected chi connectivity index (χ3v) is 4.24. The lowest BCUT2D eigenvalue weighted by atomic mass is 10.1. The van der Waals surface area contributed by atoms with Crippen molar-refractivity contribution in [2.45, 2.75) is 33.1 Å². The third kappa shape index (κ3) is 5.43. The Morgan fingerprint density at radius 2 is 2.10 bits per heavy atom. The van der Waals surface area contributed by atoms with Crippen LogP contribution in [0, 0.1) is 5.92 Å². The summed E-state index contributed by atoms with van der Waals surface area (Å²) in [5.41, 5.74) is 0. The fraction of sp³-hybridized carbons (Fsp3) is 0.733. The lowest BCUT2D eigenvalue weighted by molar-refractivity contribution is 0.294. The minimum absolute atomic E-state index is 0.608. The van der Waals surface area contributed by atoms with Crippen molar-refractivity contribution in [2.75, 3.05) is 43.4 Å². The smallest absolute Gasteiger partial charge is 0.224 e. The number of rotatable bonds is 8. The molecule has 6 heteroatoms. The van der Waals surface area contributed by atoms with Gasteiger partial charge in [0.05, 0.1) is 4.47 Å². The Morgan fingerprint density at radius 1 is 1.33 bits per heavy atom. The second kappa shape index (κ2) is 8.54. The van der Waals surface area contributed by atoms with E-state index in [1.807, 2.05) is 0 Å². The average Bonchev–Trinajstić information content (AvgIpc) is 2.98.